The molecule has 0 spiro atoms. The Morgan fingerprint density at radius 3 is 2.16 bits per heavy atom. The fraction of sp³-hybridized carbons (Fsp3) is 0.381. The lowest BCUT2D eigenvalue weighted by Gasteiger charge is -2.19. The number of carbonyl (C=O) groups excluding carboxylic acids is 2. The summed E-state index contributed by atoms with van der Waals surface area (Å²) in [5.74, 6) is -2.21. The molecular weight excluding hydrogens is 436 g/mol. The van der Waals surface area contributed by atoms with Crippen LogP contribution in [0.25, 0.3) is 11.1 Å². The highest BCUT2D eigenvalue weighted by molar-refractivity contribution is 7.90. The van der Waals surface area contributed by atoms with Crippen molar-refractivity contribution in [2.24, 2.45) is 11.7 Å². The van der Waals surface area contributed by atoms with Gasteiger partial charge in [-0.3, -0.25) is 9.59 Å². The molecule has 0 aliphatic rings. The SMILES string of the molecule is CC(C)C[C@@H](N)C(=O)N[C@@H](C)C(=O)c1ccc(-c2cnc(S(C)(=O)=O)nc2)cc1C(=O)O. The molecule has 0 fully saturated rings. The molecule has 0 bridgehead atoms. The zero-order chi connectivity index (χ0) is 24.2. The number of amides is 1. The minimum atomic E-state index is -3.58. The lowest BCUT2D eigenvalue weighted by molar-refractivity contribution is -0.123. The number of benzene rings is 1. The Hall–Kier alpha value is -3.18. The first kappa shape index (κ1) is 25.1. The van der Waals surface area contributed by atoms with E-state index >= 15 is 0 Å². The molecule has 2 aromatic rings. The molecule has 32 heavy (non-hydrogen) atoms. The van der Waals surface area contributed by atoms with Gasteiger partial charge in [0.25, 0.3) is 0 Å². The van der Waals surface area contributed by atoms with Crippen LogP contribution in [0, 0.1) is 5.92 Å². The first-order valence-corrected chi connectivity index (χ1v) is 11.7. The second-order valence-electron chi connectivity index (χ2n) is 7.92. The molecule has 0 saturated carbocycles. The highest BCUT2D eigenvalue weighted by atomic mass is 32.2. The smallest absolute Gasteiger partial charge is 0.336 e. The van der Waals surface area contributed by atoms with Crippen molar-refractivity contribution in [1.29, 1.82) is 0 Å². The molecule has 4 N–H and O–H groups in total. The summed E-state index contributed by atoms with van der Waals surface area (Å²) in [6.45, 7) is 5.30. The molecule has 0 radical (unpaired) electrons. The van der Waals surface area contributed by atoms with E-state index < -0.39 is 39.6 Å². The van der Waals surface area contributed by atoms with E-state index in [1.54, 1.807) is 0 Å². The molecule has 2 rings (SSSR count). The number of sulfone groups is 1. The standard InChI is InChI=1S/C21H26N4O6S/c1-11(2)7-17(22)19(27)25-12(3)18(26)15-6-5-13(8-16(15)20(28)29)14-9-23-21(24-10-14)32(4,30)31/h5-6,8-12,17H,7,22H2,1-4H3,(H,25,27)(H,28,29)/t12-,17+/m0/s1. The Kier molecular flexibility index (Phi) is 7.81. The van der Waals surface area contributed by atoms with Crippen LogP contribution in [-0.4, -0.2) is 59.5 Å². The molecule has 10 nitrogen and oxygen atoms in total. The van der Waals surface area contributed by atoms with Gasteiger partial charge in [0.1, 0.15) is 0 Å². The molecular formula is C21H26N4O6S. The number of hydrogen-bond acceptors (Lipinski definition) is 8. The van der Waals surface area contributed by atoms with Gasteiger partial charge in [-0.15, -0.1) is 0 Å². The van der Waals surface area contributed by atoms with E-state index in [4.69, 9.17) is 5.73 Å². The van der Waals surface area contributed by atoms with Gasteiger partial charge in [-0.25, -0.2) is 23.2 Å². The van der Waals surface area contributed by atoms with Crippen LogP contribution >= 0.6 is 0 Å². The van der Waals surface area contributed by atoms with Gasteiger partial charge in [-0.1, -0.05) is 19.9 Å². The third kappa shape index (κ3) is 6.17. The lowest BCUT2D eigenvalue weighted by Crippen LogP contribution is -2.47. The minimum absolute atomic E-state index is 0.0832. The van der Waals surface area contributed by atoms with E-state index in [1.807, 2.05) is 13.8 Å². The number of carbonyl (C=O) groups is 3. The predicted octanol–water partition coefficient (Wildman–Crippen LogP) is 1.31. The van der Waals surface area contributed by atoms with Gasteiger partial charge < -0.3 is 16.2 Å². The van der Waals surface area contributed by atoms with Crippen molar-refractivity contribution in [3.63, 3.8) is 0 Å². The predicted molar refractivity (Wildman–Crippen MR) is 117 cm³/mol. The molecule has 1 aromatic carbocycles. The number of aromatic carboxylic acids is 1. The largest absolute Gasteiger partial charge is 0.478 e. The van der Waals surface area contributed by atoms with Crippen molar-refractivity contribution in [2.75, 3.05) is 6.26 Å². The number of ketones is 1. The van der Waals surface area contributed by atoms with E-state index in [0.717, 1.165) is 6.26 Å². The quantitative estimate of drug-likeness (QED) is 0.367. The van der Waals surface area contributed by atoms with Crippen LogP contribution in [0.15, 0.2) is 35.7 Å². The van der Waals surface area contributed by atoms with Gasteiger partial charge in [0.15, 0.2) is 5.78 Å². The summed E-state index contributed by atoms with van der Waals surface area (Å²) in [5.41, 5.74) is 6.24. The highest BCUT2D eigenvalue weighted by Gasteiger charge is 2.25. The van der Waals surface area contributed by atoms with E-state index in [1.165, 1.54) is 37.5 Å². The summed E-state index contributed by atoms with van der Waals surface area (Å²) in [6.07, 6.45) is 3.93. The summed E-state index contributed by atoms with van der Waals surface area (Å²) in [5, 5.41) is 11.8. The van der Waals surface area contributed by atoms with Crippen LogP contribution in [0.2, 0.25) is 0 Å². The molecule has 172 valence electrons. The first-order chi connectivity index (χ1) is 14.8. The third-order valence-electron chi connectivity index (χ3n) is 4.62. The maximum atomic E-state index is 12.8. The maximum absolute atomic E-state index is 12.8. The Morgan fingerprint density at radius 2 is 1.66 bits per heavy atom. The van der Waals surface area contributed by atoms with Gasteiger partial charge in [0.2, 0.25) is 20.9 Å². The second kappa shape index (κ2) is 9.96. The van der Waals surface area contributed by atoms with Crippen LogP contribution in [0.1, 0.15) is 47.9 Å². The van der Waals surface area contributed by atoms with Gasteiger partial charge in [0, 0.05) is 29.8 Å². The molecule has 0 aliphatic carbocycles. The van der Waals surface area contributed by atoms with Gasteiger partial charge in [-0.2, -0.15) is 0 Å². The van der Waals surface area contributed by atoms with Crippen LogP contribution < -0.4 is 11.1 Å². The number of rotatable bonds is 9. The number of Topliss-reactive ketones (excluding diaryl/α,β-unsaturated/α-hetero) is 1. The van der Waals surface area contributed by atoms with E-state index in [-0.39, 0.29) is 22.2 Å². The van der Waals surface area contributed by atoms with Gasteiger partial charge in [-0.05, 0) is 37.0 Å². The van der Waals surface area contributed by atoms with Crippen LogP contribution in [0.4, 0.5) is 0 Å². The number of aromatic nitrogens is 2. The number of hydrogen-bond donors (Lipinski definition) is 3. The van der Waals surface area contributed by atoms with Gasteiger partial charge >= 0.3 is 5.97 Å². The van der Waals surface area contributed by atoms with Crippen LogP contribution in [0.5, 0.6) is 0 Å². The molecule has 2 atom stereocenters. The van der Waals surface area contributed by atoms with Crippen molar-refractivity contribution in [3.8, 4) is 11.1 Å². The minimum Gasteiger partial charge on any atom is -0.478 e. The average molecular weight is 463 g/mol. The van der Waals surface area contributed by atoms with Crippen LogP contribution in [0.3, 0.4) is 0 Å². The lowest BCUT2D eigenvalue weighted by atomic mass is 9.95. The fourth-order valence-corrected chi connectivity index (χ4v) is 3.49. The first-order valence-electron chi connectivity index (χ1n) is 9.81. The topological polar surface area (TPSA) is 169 Å². The summed E-state index contributed by atoms with van der Waals surface area (Å²) in [4.78, 5) is 44.4. The number of nitrogens with one attached hydrogen (secondary N) is 1. The van der Waals surface area contributed by atoms with Crippen molar-refractivity contribution >= 4 is 27.5 Å². The molecule has 0 saturated heterocycles. The molecule has 0 unspecified atom stereocenters. The second-order valence-corrected chi connectivity index (χ2v) is 9.83. The Balaban J connectivity index is 2.30. The Labute approximate surface area is 186 Å². The summed E-state index contributed by atoms with van der Waals surface area (Å²) >= 11 is 0. The van der Waals surface area contributed by atoms with Crippen molar-refractivity contribution in [1.82, 2.24) is 15.3 Å². The van der Waals surface area contributed by atoms with E-state index in [2.05, 4.69) is 15.3 Å². The van der Waals surface area contributed by atoms with Crippen molar-refractivity contribution < 1.29 is 27.9 Å². The van der Waals surface area contributed by atoms with Gasteiger partial charge in [0.05, 0.1) is 17.6 Å². The number of carboxylic acid groups (broad SMARTS) is 1. The Morgan fingerprint density at radius 1 is 1.06 bits per heavy atom. The fourth-order valence-electron chi connectivity index (χ4n) is 3.01. The summed E-state index contributed by atoms with van der Waals surface area (Å²) in [7, 11) is -3.58. The zero-order valence-corrected chi connectivity index (χ0v) is 19.0. The average Bonchev–Trinajstić information content (AvgIpc) is 2.71. The summed E-state index contributed by atoms with van der Waals surface area (Å²) in [6, 6.07) is 2.34. The highest BCUT2D eigenvalue weighted by Crippen LogP contribution is 2.23. The molecule has 1 amide bonds. The zero-order valence-electron chi connectivity index (χ0n) is 18.2. The van der Waals surface area contributed by atoms with Crippen molar-refractivity contribution in [3.05, 3.63) is 41.7 Å². The summed E-state index contributed by atoms with van der Waals surface area (Å²) < 4.78 is 23.0. The number of nitrogens with two attached hydrogens (primary N) is 1. The van der Waals surface area contributed by atoms with E-state index in [0.29, 0.717) is 17.5 Å². The molecule has 1 aromatic heterocycles. The maximum Gasteiger partial charge on any atom is 0.336 e. The third-order valence-corrected chi connectivity index (χ3v) is 5.50. The molecule has 1 heterocycles. The van der Waals surface area contributed by atoms with Crippen molar-refractivity contribution in [2.45, 2.75) is 44.4 Å². The monoisotopic (exact) mass is 462 g/mol. The number of nitrogens with zero attached hydrogens (tertiary/aromatic N) is 2. The normalized spacial score (nSPS) is 13.4. The number of carboxylic acids is 1. The van der Waals surface area contributed by atoms with Crippen LogP contribution in [-0.2, 0) is 14.6 Å². The Bertz CT molecular complexity index is 1130. The molecule has 11 heteroatoms. The van der Waals surface area contributed by atoms with E-state index in [9.17, 15) is 27.9 Å². The molecule has 0 aliphatic heterocycles.